The summed E-state index contributed by atoms with van der Waals surface area (Å²) >= 11 is 0. The molecule has 0 saturated carbocycles. The van der Waals surface area contributed by atoms with E-state index in [0.717, 1.165) is 31.0 Å². The Morgan fingerprint density at radius 1 is 1.32 bits per heavy atom. The second-order valence-corrected chi connectivity index (χ2v) is 5.26. The zero-order chi connectivity index (χ0) is 13.8. The average molecular weight is 264 g/mol. The summed E-state index contributed by atoms with van der Waals surface area (Å²) < 4.78 is 10.8. The Bertz CT molecular complexity index is 423. The lowest BCUT2D eigenvalue weighted by Gasteiger charge is -2.37. The van der Waals surface area contributed by atoms with Crippen LogP contribution in [0.5, 0.6) is 11.5 Å². The molecule has 0 spiro atoms. The van der Waals surface area contributed by atoms with Crippen LogP contribution in [0, 0.1) is 5.92 Å². The molecule has 4 nitrogen and oxygen atoms in total. The highest BCUT2D eigenvalue weighted by atomic mass is 16.5. The minimum atomic E-state index is 0.474. The van der Waals surface area contributed by atoms with E-state index in [1.54, 1.807) is 14.2 Å². The van der Waals surface area contributed by atoms with E-state index in [9.17, 15) is 0 Å². The lowest BCUT2D eigenvalue weighted by molar-refractivity contribution is 0.186. The third-order valence-corrected chi connectivity index (χ3v) is 4.08. The SMILES string of the molecule is COc1ccc(C2CCN(C)CC2CN)c(OC)c1. The molecule has 0 bridgehead atoms. The summed E-state index contributed by atoms with van der Waals surface area (Å²) in [4.78, 5) is 2.35. The Kier molecular flexibility index (Phi) is 4.66. The topological polar surface area (TPSA) is 47.7 Å². The Hall–Kier alpha value is -1.26. The smallest absolute Gasteiger partial charge is 0.126 e. The zero-order valence-corrected chi connectivity index (χ0v) is 12.1. The van der Waals surface area contributed by atoms with Crippen molar-refractivity contribution in [1.82, 2.24) is 4.90 Å². The summed E-state index contributed by atoms with van der Waals surface area (Å²) in [5, 5.41) is 0. The molecule has 1 aromatic carbocycles. The Balaban J connectivity index is 2.29. The van der Waals surface area contributed by atoms with Gasteiger partial charge in [-0.1, -0.05) is 6.07 Å². The fourth-order valence-electron chi connectivity index (χ4n) is 2.99. The van der Waals surface area contributed by atoms with Gasteiger partial charge < -0.3 is 20.1 Å². The molecule has 106 valence electrons. The van der Waals surface area contributed by atoms with E-state index in [1.807, 2.05) is 12.1 Å². The van der Waals surface area contributed by atoms with Crippen LogP contribution in [0.15, 0.2) is 18.2 Å². The number of nitrogens with zero attached hydrogens (tertiary/aromatic N) is 1. The molecule has 4 heteroatoms. The first-order chi connectivity index (χ1) is 9.19. The lowest BCUT2D eigenvalue weighted by Crippen LogP contribution is -2.40. The molecule has 1 aliphatic rings. The molecule has 1 heterocycles. The number of benzene rings is 1. The number of methoxy groups -OCH3 is 2. The first-order valence-electron chi connectivity index (χ1n) is 6.80. The van der Waals surface area contributed by atoms with Crippen molar-refractivity contribution < 1.29 is 9.47 Å². The Labute approximate surface area is 115 Å². The second-order valence-electron chi connectivity index (χ2n) is 5.26. The third kappa shape index (κ3) is 3.01. The van der Waals surface area contributed by atoms with Crippen LogP contribution in [0.25, 0.3) is 0 Å². The summed E-state index contributed by atoms with van der Waals surface area (Å²) in [6.45, 7) is 2.87. The second kappa shape index (κ2) is 6.26. The van der Waals surface area contributed by atoms with Gasteiger partial charge in [0.05, 0.1) is 14.2 Å². The van der Waals surface area contributed by atoms with Crippen molar-refractivity contribution in [2.24, 2.45) is 11.7 Å². The van der Waals surface area contributed by atoms with Gasteiger partial charge in [0.1, 0.15) is 11.5 Å². The molecule has 2 unspecified atom stereocenters. The number of rotatable bonds is 4. The van der Waals surface area contributed by atoms with Gasteiger partial charge in [-0.2, -0.15) is 0 Å². The van der Waals surface area contributed by atoms with Crippen LogP contribution >= 0.6 is 0 Å². The van der Waals surface area contributed by atoms with Crippen LogP contribution in [0.1, 0.15) is 17.9 Å². The maximum atomic E-state index is 5.95. The van der Waals surface area contributed by atoms with E-state index in [0.29, 0.717) is 18.4 Å². The van der Waals surface area contributed by atoms with E-state index >= 15 is 0 Å². The highest BCUT2D eigenvalue weighted by Crippen LogP contribution is 2.38. The Morgan fingerprint density at radius 2 is 2.11 bits per heavy atom. The molecule has 0 aliphatic carbocycles. The average Bonchev–Trinajstić information content (AvgIpc) is 2.46. The third-order valence-electron chi connectivity index (χ3n) is 4.08. The molecule has 1 fully saturated rings. The summed E-state index contributed by atoms with van der Waals surface area (Å²) in [6, 6.07) is 6.08. The van der Waals surface area contributed by atoms with Crippen molar-refractivity contribution in [3.8, 4) is 11.5 Å². The van der Waals surface area contributed by atoms with Crippen LogP contribution in [-0.2, 0) is 0 Å². The minimum absolute atomic E-state index is 0.474. The van der Waals surface area contributed by atoms with Gasteiger partial charge in [0.2, 0.25) is 0 Å². The molecule has 1 saturated heterocycles. The van der Waals surface area contributed by atoms with Gasteiger partial charge in [-0.3, -0.25) is 0 Å². The van der Waals surface area contributed by atoms with Crippen LogP contribution in [0.4, 0.5) is 0 Å². The first-order valence-corrected chi connectivity index (χ1v) is 6.80. The summed E-state index contributed by atoms with van der Waals surface area (Å²) in [5.74, 6) is 2.70. The molecule has 0 amide bonds. The number of piperidine rings is 1. The van der Waals surface area contributed by atoms with E-state index in [2.05, 4.69) is 18.0 Å². The Morgan fingerprint density at radius 3 is 2.74 bits per heavy atom. The van der Waals surface area contributed by atoms with Crippen LogP contribution < -0.4 is 15.2 Å². The van der Waals surface area contributed by atoms with Crippen molar-refractivity contribution in [3.05, 3.63) is 23.8 Å². The van der Waals surface area contributed by atoms with Gasteiger partial charge in [-0.05, 0) is 50.0 Å². The van der Waals surface area contributed by atoms with Crippen LogP contribution in [-0.4, -0.2) is 45.8 Å². The molecule has 1 aliphatic heterocycles. The highest BCUT2D eigenvalue weighted by molar-refractivity contribution is 5.43. The summed E-state index contributed by atoms with van der Waals surface area (Å²) in [7, 11) is 5.54. The number of hydrogen-bond acceptors (Lipinski definition) is 4. The van der Waals surface area contributed by atoms with Crippen molar-refractivity contribution in [2.75, 3.05) is 40.9 Å². The molecule has 19 heavy (non-hydrogen) atoms. The van der Waals surface area contributed by atoms with Gasteiger partial charge in [0.25, 0.3) is 0 Å². The maximum Gasteiger partial charge on any atom is 0.126 e. The molecule has 2 N–H and O–H groups in total. The van der Waals surface area contributed by atoms with Crippen molar-refractivity contribution in [2.45, 2.75) is 12.3 Å². The zero-order valence-electron chi connectivity index (χ0n) is 12.1. The van der Waals surface area contributed by atoms with Gasteiger partial charge in [0, 0.05) is 12.6 Å². The van der Waals surface area contributed by atoms with Gasteiger partial charge in [-0.15, -0.1) is 0 Å². The number of nitrogens with two attached hydrogens (primary N) is 1. The van der Waals surface area contributed by atoms with E-state index < -0.39 is 0 Å². The molecular formula is C15H24N2O2. The number of likely N-dealkylation sites (tertiary alicyclic amines) is 1. The van der Waals surface area contributed by atoms with Crippen molar-refractivity contribution >= 4 is 0 Å². The lowest BCUT2D eigenvalue weighted by atomic mass is 9.80. The molecule has 2 atom stereocenters. The van der Waals surface area contributed by atoms with Crippen molar-refractivity contribution in [3.63, 3.8) is 0 Å². The van der Waals surface area contributed by atoms with Gasteiger partial charge >= 0.3 is 0 Å². The standard InChI is InChI=1S/C15H24N2O2/c1-17-7-6-13(11(9-16)10-17)14-5-4-12(18-2)8-15(14)19-3/h4-5,8,11,13H,6-7,9-10,16H2,1-3H3. The van der Waals surface area contributed by atoms with Gasteiger partial charge in [0.15, 0.2) is 0 Å². The summed E-state index contributed by atoms with van der Waals surface area (Å²) in [6.07, 6.45) is 1.13. The van der Waals surface area contributed by atoms with E-state index in [-0.39, 0.29) is 0 Å². The quantitative estimate of drug-likeness (QED) is 0.899. The van der Waals surface area contributed by atoms with Gasteiger partial charge in [-0.25, -0.2) is 0 Å². The molecule has 2 rings (SSSR count). The van der Waals surface area contributed by atoms with E-state index in [1.165, 1.54) is 5.56 Å². The van der Waals surface area contributed by atoms with E-state index in [4.69, 9.17) is 15.2 Å². The monoisotopic (exact) mass is 264 g/mol. The molecule has 1 aromatic rings. The first kappa shape index (κ1) is 14.2. The van der Waals surface area contributed by atoms with Crippen molar-refractivity contribution in [1.29, 1.82) is 0 Å². The maximum absolute atomic E-state index is 5.95. The predicted octanol–water partition coefficient (Wildman–Crippen LogP) is 1.70. The number of ether oxygens (including phenoxy) is 2. The fourth-order valence-corrected chi connectivity index (χ4v) is 2.99. The molecule has 0 aromatic heterocycles. The predicted molar refractivity (Wildman–Crippen MR) is 76.9 cm³/mol. The van der Waals surface area contributed by atoms with Crippen LogP contribution in [0.2, 0.25) is 0 Å². The normalized spacial score (nSPS) is 24.2. The fraction of sp³-hybridized carbons (Fsp3) is 0.600. The molecule has 0 radical (unpaired) electrons. The minimum Gasteiger partial charge on any atom is -0.497 e. The highest BCUT2D eigenvalue weighted by Gasteiger charge is 2.29. The number of hydrogen-bond donors (Lipinski definition) is 1. The summed E-state index contributed by atoms with van der Waals surface area (Å²) in [5.41, 5.74) is 7.20. The van der Waals surface area contributed by atoms with Crippen LogP contribution in [0.3, 0.4) is 0 Å². The molecular weight excluding hydrogens is 240 g/mol. The largest absolute Gasteiger partial charge is 0.497 e.